The maximum atomic E-state index is 13.0. The van der Waals surface area contributed by atoms with Gasteiger partial charge in [-0.3, -0.25) is 4.40 Å². The van der Waals surface area contributed by atoms with Gasteiger partial charge in [0.2, 0.25) is 10.8 Å². The minimum absolute atomic E-state index is 0.269. The van der Waals surface area contributed by atoms with Crippen molar-refractivity contribution in [3.8, 4) is 17.3 Å². The van der Waals surface area contributed by atoms with Gasteiger partial charge in [0.05, 0.1) is 5.69 Å². The Morgan fingerprint density at radius 1 is 1.11 bits per heavy atom. The van der Waals surface area contributed by atoms with Crippen LogP contribution in [0.25, 0.3) is 22.1 Å². The van der Waals surface area contributed by atoms with Crippen LogP contribution < -0.4 is 4.74 Å². The molecule has 0 atom stereocenters. The summed E-state index contributed by atoms with van der Waals surface area (Å²) >= 11 is 1.40. The molecule has 0 saturated carbocycles. The number of halogens is 1. The van der Waals surface area contributed by atoms with Gasteiger partial charge in [-0.15, -0.1) is 10.2 Å². The summed E-state index contributed by atoms with van der Waals surface area (Å²) in [7, 11) is 0. The lowest BCUT2D eigenvalue weighted by Gasteiger charge is -2.03. The zero-order valence-electron chi connectivity index (χ0n) is 14.2. The van der Waals surface area contributed by atoms with Crippen molar-refractivity contribution in [2.24, 2.45) is 0 Å². The van der Waals surface area contributed by atoms with E-state index >= 15 is 0 Å². The van der Waals surface area contributed by atoms with Gasteiger partial charge in [0.25, 0.3) is 0 Å². The largest absolute Gasteiger partial charge is 0.486 e. The van der Waals surface area contributed by atoms with E-state index in [-0.39, 0.29) is 12.4 Å². The number of pyridine rings is 1. The van der Waals surface area contributed by atoms with E-state index in [4.69, 9.17) is 4.74 Å². The Labute approximate surface area is 156 Å². The molecule has 0 aliphatic heterocycles. The zero-order valence-corrected chi connectivity index (χ0v) is 15.0. The number of benzene rings is 1. The van der Waals surface area contributed by atoms with Crippen LogP contribution in [0.3, 0.4) is 0 Å². The van der Waals surface area contributed by atoms with E-state index in [1.54, 1.807) is 16.6 Å². The van der Waals surface area contributed by atoms with Crippen molar-refractivity contribution in [1.29, 1.82) is 0 Å². The zero-order chi connectivity index (χ0) is 18.4. The average molecular weight is 380 g/mol. The number of rotatable bonds is 4. The molecular formula is C18H13FN6OS. The van der Waals surface area contributed by atoms with E-state index in [0.717, 1.165) is 22.0 Å². The fourth-order valence-electron chi connectivity index (χ4n) is 2.92. The Balaban J connectivity index is 1.50. The topological polar surface area (TPSA) is 69.6 Å². The van der Waals surface area contributed by atoms with E-state index in [0.29, 0.717) is 16.5 Å². The van der Waals surface area contributed by atoms with Crippen molar-refractivity contribution >= 4 is 21.9 Å². The molecule has 5 rings (SSSR count). The quantitative estimate of drug-likeness (QED) is 0.477. The maximum absolute atomic E-state index is 13.0. The van der Waals surface area contributed by atoms with Gasteiger partial charge in [-0.1, -0.05) is 17.4 Å². The molecule has 0 spiro atoms. The predicted molar refractivity (Wildman–Crippen MR) is 98.3 cm³/mol. The number of ether oxygens (including phenoxy) is 1. The van der Waals surface area contributed by atoms with E-state index in [9.17, 15) is 4.39 Å². The second-order valence-corrected chi connectivity index (χ2v) is 6.97. The van der Waals surface area contributed by atoms with Gasteiger partial charge in [-0.2, -0.15) is 9.61 Å². The Bertz CT molecular complexity index is 1260. The minimum atomic E-state index is -0.297. The molecule has 0 fully saturated rings. The molecule has 0 N–H and O–H groups in total. The highest BCUT2D eigenvalue weighted by Gasteiger charge is 2.19. The Morgan fingerprint density at radius 3 is 2.81 bits per heavy atom. The van der Waals surface area contributed by atoms with Crippen molar-refractivity contribution in [3.63, 3.8) is 0 Å². The first kappa shape index (κ1) is 15.9. The molecule has 7 nitrogen and oxygen atoms in total. The maximum Gasteiger partial charge on any atom is 0.235 e. The van der Waals surface area contributed by atoms with Gasteiger partial charge in [0.15, 0.2) is 5.01 Å². The minimum Gasteiger partial charge on any atom is -0.486 e. The van der Waals surface area contributed by atoms with Crippen LogP contribution in [0.5, 0.6) is 5.75 Å². The molecule has 134 valence electrons. The molecule has 4 heterocycles. The van der Waals surface area contributed by atoms with E-state index < -0.39 is 0 Å². The van der Waals surface area contributed by atoms with E-state index in [1.807, 2.05) is 35.7 Å². The number of aryl methyl sites for hydroxylation is 1. The van der Waals surface area contributed by atoms with Crippen molar-refractivity contribution in [2.75, 3.05) is 0 Å². The van der Waals surface area contributed by atoms with Gasteiger partial charge in [-0.05, 0) is 43.3 Å². The standard InChI is InChI=1S/C18H13FN6OS/c1-11-16(24-9-3-2-4-14(24)20-11)17-21-22-18-25(17)23-15(27-18)10-26-13-7-5-12(19)6-8-13/h2-9H,10H2,1H3. The van der Waals surface area contributed by atoms with Crippen LogP contribution in [0, 0.1) is 12.7 Å². The molecule has 4 aromatic heterocycles. The second kappa shape index (κ2) is 6.13. The lowest BCUT2D eigenvalue weighted by Crippen LogP contribution is -1.99. The molecule has 5 aromatic rings. The van der Waals surface area contributed by atoms with E-state index in [2.05, 4.69) is 20.3 Å². The van der Waals surface area contributed by atoms with Crippen molar-refractivity contribution in [3.05, 3.63) is 65.2 Å². The molecule has 0 saturated heterocycles. The molecule has 0 bridgehead atoms. The molecular weight excluding hydrogens is 367 g/mol. The average Bonchev–Trinajstić information content (AvgIpc) is 3.33. The number of hydrogen-bond donors (Lipinski definition) is 0. The normalized spacial score (nSPS) is 11.5. The van der Waals surface area contributed by atoms with Gasteiger partial charge in [0.1, 0.15) is 29.5 Å². The van der Waals surface area contributed by atoms with Gasteiger partial charge >= 0.3 is 0 Å². The van der Waals surface area contributed by atoms with Crippen molar-refractivity contribution in [2.45, 2.75) is 13.5 Å². The summed E-state index contributed by atoms with van der Waals surface area (Å²) in [6.45, 7) is 2.21. The summed E-state index contributed by atoms with van der Waals surface area (Å²) in [6, 6.07) is 11.7. The number of imidazole rings is 1. The number of hydrogen-bond acceptors (Lipinski definition) is 6. The Morgan fingerprint density at radius 2 is 1.96 bits per heavy atom. The molecule has 9 heteroatoms. The van der Waals surface area contributed by atoms with Gasteiger partial charge in [0, 0.05) is 6.20 Å². The van der Waals surface area contributed by atoms with Crippen LogP contribution in [0.4, 0.5) is 4.39 Å². The van der Waals surface area contributed by atoms with Crippen LogP contribution in [-0.2, 0) is 6.61 Å². The monoisotopic (exact) mass is 380 g/mol. The molecule has 0 unspecified atom stereocenters. The van der Waals surface area contributed by atoms with E-state index in [1.165, 1.54) is 23.5 Å². The number of fused-ring (bicyclic) bond motifs is 2. The molecule has 0 radical (unpaired) electrons. The molecule has 0 aliphatic carbocycles. The summed E-state index contributed by atoms with van der Waals surface area (Å²) < 4.78 is 22.3. The Kier molecular flexibility index (Phi) is 3.61. The highest BCUT2D eigenvalue weighted by Crippen LogP contribution is 2.26. The summed E-state index contributed by atoms with van der Waals surface area (Å²) in [4.78, 5) is 5.24. The van der Waals surface area contributed by atoms with Gasteiger partial charge in [-0.25, -0.2) is 9.37 Å². The fourth-order valence-corrected chi connectivity index (χ4v) is 3.67. The summed E-state index contributed by atoms with van der Waals surface area (Å²) in [5.74, 6) is 0.917. The summed E-state index contributed by atoms with van der Waals surface area (Å²) in [5, 5.41) is 13.9. The van der Waals surface area contributed by atoms with Gasteiger partial charge < -0.3 is 4.74 Å². The van der Waals surface area contributed by atoms with Crippen LogP contribution in [0.1, 0.15) is 10.7 Å². The third-order valence-electron chi connectivity index (χ3n) is 4.12. The fraction of sp³-hybridized carbons (Fsp3) is 0.111. The molecule has 1 aromatic carbocycles. The third kappa shape index (κ3) is 2.72. The summed E-state index contributed by atoms with van der Waals surface area (Å²) in [5.41, 5.74) is 2.55. The van der Waals surface area contributed by atoms with Crippen LogP contribution in [0.15, 0.2) is 48.7 Å². The smallest absolute Gasteiger partial charge is 0.235 e. The summed E-state index contributed by atoms with van der Waals surface area (Å²) in [6.07, 6.45) is 1.94. The molecule has 0 aliphatic rings. The second-order valence-electron chi connectivity index (χ2n) is 5.93. The first-order valence-corrected chi connectivity index (χ1v) is 9.04. The first-order chi connectivity index (χ1) is 13.2. The molecule has 27 heavy (non-hydrogen) atoms. The van der Waals surface area contributed by atoms with Crippen molar-refractivity contribution in [1.82, 2.24) is 29.2 Å². The van der Waals surface area contributed by atoms with Crippen LogP contribution >= 0.6 is 11.3 Å². The first-order valence-electron chi connectivity index (χ1n) is 8.22. The van der Waals surface area contributed by atoms with Crippen LogP contribution in [0.2, 0.25) is 0 Å². The lowest BCUT2D eigenvalue weighted by atomic mass is 10.3. The Hall–Kier alpha value is -3.33. The predicted octanol–water partition coefficient (Wildman–Crippen LogP) is 3.53. The number of nitrogens with zero attached hydrogens (tertiary/aromatic N) is 6. The SMILES string of the molecule is Cc1nc2ccccn2c1-c1nnc2sc(COc3ccc(F)cc3)nn12. The third-order valence-corrected chi connectivity index (χ3v) is 5.00. The highest BCUT2D eigenvalue weighted by atomic mass is 32.1. The molecule has 0 amide bonds. The van der Waals surface area contributed by atoms with Crippen LogP contribution in [-0.4, -0.2) is 29.2 Å². The van der Waals surface area contributed by atoms with Crippen molar-refractivity contribution < 1.29 is 9.13 Å². The highest BCUT2D eigenvalue weighted by molar-refractivity contribution is 7.16. The number of aromatic nitrogens is 6. The lowest BCUT2D eigenvalue weighted by molar-refractivity contribution is 0.303.